The van der Waals surface area contributed by atoms with Crippen LogP contribution in [0.15, 0.2) is 60.8 Å². The minimum absolute atomic E-state index is 0.116. The molecule has 1 unspecified atom stereocenters. The fraction of sp³-hybridized carbons (Fsp3) is 0.261. The summed E-state index contributed by atoms with van der Waals surface area (Å²) in [5, 5.41) is 10.2. The first-order valence-corrected chi connectivity index (χ1v) is 9.85. The van der Waals surface area contributed by atoms with Crippen LogP contribution >= 0.6 is 0 Å². The van der Waals surface area contributed by atoms with Crippen molar-refractivity contribution in [1.29, 1.82) is 0 Å². The molecule has 0 saturated carbocycles. The Morgan fingerprint density at radius 3 is 2.16 bits per heavy atom. The Morgan fingerprint density at radius 2 is 1.58 bits per heavy atom. The van der Waals surface area contributed by atoms with Crippen LogP contribution in [0.3, 0.4) is 0 Å². The Labute approximate surface area is 181 Å². The second-order valence-electron chi connectivity index (χ2n) is 6.96. The van der Waals surface area contributed by atoms with E-state index in [9.17, 15) is 9.59 Å². The van der Waals surface area contributed by atoms with E-state index in [0.29, 0.717) is 5.75 Å². The highest BCUT2D eigenvalue weighted by Gasteiger charge is 2.17. The summed E-state index contributed by atoms with van der Waals surface area (Å²) in [6, 6.07) is 16.2. The van der Waals surface area contributed by atoms with Gasteiger partial charge in [0.1, 0.15) is 11.5 Å². The number of carbonyl (C=O) groups excluding carboxylic acids is 2. The number of carbonyl (C=O) groups is 2. The summed E-state index contributed by atoms with van der Waals surface area (Å²) in [5.41, 5.74) is 2.45. The molecule has 2 aromatic carbocycles. The fourth-order valence-corrected chi connectivity index (χ4v) is 3.12. The molecule has 0 bridgehead atoms. The summed E-state index contributed by atoms with van der Waals surface area (Å²) in [4.78, 5) is 24.1. The standard InChI is InChI=1S/C23H26N4O4/c1-16(28)25-22(17-4-8-20(30-2)9-5-17)14-23(29)24-15-18-12-13-27(26-18)19-6-10-21(31-3)11-7-19/h4-13,22H,14-15H2,1-3H3,(H,24,29)(H,25,28). The Balaban J connectivity index is 1.59. The molecule has 0 aliphatic carbocycles. The number of rotatable bonds is 9. The van der Waals surface area contributed by atoms with Gasteiger partial charge in [0.05, 0.1) is 44.6 Å². The molecule has 0 aliphatic heterocycles. The van der Waals surface area contributed by atoms with Gasteiger partial charge < -0.3 is 20.1 Å². The summed E-state index contributed by atoms with van der Waals surface area (Å²) < 4.78 is 12.1. The Bertz CT molecular complexity index is 1010. The van der Waals surface area contributed by atoms with Crippen molar-refractivity contribution >= 4 is 11.8 Å². The predicted molar refractivity (Wildman–Crippen MR) is 116 cm³/mol. The number of methoxy groups -OCH3 is 2. The number of aromatic nitrogens is 2. The molecule has 1 heterocycles. The lowest BCUT2D eigenvalue weighted by Crippen LogP contribution is -2.32. The minimum atomic E-state index is -0.430. The topological polar surface area (TPSA) is 94.5 Å². The highest BCUT2D eigenvalue weighted by molar-refractivity contribution is 5.79. The first kappa shape index (κ1) is 21.9. The van der Waals surface area contributed by atoms with Crippen LogP contribution in [0.25, 0.3) is 5.69 Å². The number of hydrogen-bond acceptors (Lipinski definition) is 5. The lowest BCUT2D eigenvalue weighted by atomic mass is 10.0. The number of ether oxygens (including phenoxy) is 2. The first-order chi connectivity index (χ1) is 15.0. The molecule has 162 valence electrons. The molecule has 8 nitrogen and oxygen atoms in total. The predicted octanol–water partition coefficient (Wildman–Crippen LogP) is 2.77. The Kier molecular flexibility index (Phi) is 7.26. The highest BCUT2D eigenvalue weighted by atomic mass is 16.5. The van der Waals surface area contributed by atoms with Crippen LogP contribution in [-0.4, -0.2) is 35.8 Å². The highest BCUT2D eigenvalue weighted by Crippen LogP contribution is 2.20. The van der Waals surface area contributed by atoms with Gasteiger partial charge in [0.15, 0.2) is 0 Å². The molecule has 3 aromatic rings. The molecule has 0 fully saturated rings. The van der Waals surface area contributed by atoms with Gasteiger partial charge >= 0.3 is 0 Å². The zero-order valence-corrected chi connectivity index (χ0v) is 17.8. The third kappa shape index (κ3) is 6.08. The minimum Gasteiger partial charge on any atom is -0.497 e. The van der Waals surface area contributed by atoms with Crippen molar-refractivity contribution < 1.29 is 19.1 Å². The summed E-state index contributed by atoms with van der Waals surface area (Å²) in [6.45, 7) is 1.72. The molecule has 0 radical (unpaired) electrons. The van der Waals surface area contributed by atoms with Crippen LogP contribution < -0.4 is 20.1 Å². The third-order valence-electron chi connectivity index (χ3n) is 4.73. The van der Waals surface area contributed by atoms with E-state index in [0.717, 1.165) is 22.7 Å². The lowest BCUT2D eigenvalue weighted by molar-refractivity contribution is -0.122. The van der Waals surface area contributed by atoms with E-state index in [1.54, 1.807) is 31.0 Å². The van der Waals surface area contributed by atoms with E-state index in [1.807, 2.05) is 48.7 Å². The van der Waals surface area contributed by atoms with E-state index in [1.165, 1.54) is 6.92 Å². The van der Waals surface area contributed by atoms with Crippen molar-refractivity contribution in [2.45, 2.75) is 25.9 Å². The maximum atomic E-state index is 12.5. The lowest BCUT2D eigenvalue weighted by Gasteiger charge is -2.18. The SMILES string of the molecule is COc1ccc(C(CC(=O)NCc2ccn(-c3ccc(OC)cc3)n2)NC(C)=O)cc1. The molecule has 0 saturated heterocycles. The largest absolute Gasteiger partial charge is 0.497 e. The van der Waals surface area contributed by atoms with Crippen molar-refractivity contribution in [3.63, 3.8) is 0 Å². The number of hydrogen-bond donors (Lipinski definition) is 2. The normalized spacial score (nSPS) is 11.5. The van der Waals surface area contributed by atoms with E-state index in [2.05, 4.69) is 15.7 Å². The smallest absolute Gasteiger partial charge is 0.222 e. The first-order valence-electron chi connectivity index (χ1n) is 9.85. The molecule has 31 heavy (non-hydrogen) atoms. The number of nitrogens with zero attached hydrogens (tertiary/aromatic N) is 2. The van der Waals surface area contributed by atoms with E-state index in [4.69, 9.17) is 9.47 Å². The quantitative estimate of drug-likeness (QED) is 0.553. The van der Waals surface area contributed by atoms with Gasteiger partial charge in [0.25, 0.3) is 0 Å². The van der Waals surface area contributed by atoms with Crippen LogP contribution in [0.5, 0.6) is 11.5 Å². The Morgan fingerprint density at radius 1 is 0.968 bits per heavy atom. The summed E-state index contributed by atoms with van der Waals surface area (Å²) >= 11 is 0. The van der Waals surface area contributed by atoms with Gasteiger partial charge in [-0.1, -0.05) is 12.1 Å². The molecule has 1 aromatic heterocycles. The molecule has 2 N–H and O–H groups in total. The number of amides is 2. The molecule has 8 heteroatoms. The molecular weight excluding hydrogens is 396 g/mol. The van der Waals surface area contributed by atoms with E-state index in [-0.39, 0.29) is 24.8 Å². The molecule has 1 atom stereocenters. The van der Waals surface area contributed by atoms with E-state index < -0.39 is 6.04 Å². The van der Waals surface area contributed by atoms with Gasteiger partial charge in [0.2, 0.25) is 11.8 Å². The van der Waals surface area contributed by atoms with Gasteiger partial charge in [-0.15, -0.1) is 0 Å². The maximum Gasteiger partial charge on any atom is 0.222 e. The fourth-order valence-electron chi connectivity index (χ4n) is 3.12. The third-order valence-corrected chi connectivity index (χ3v) is 4.73. The van der Waals surface area contributed by atoms with Crippen molar-refractivity contribution in [2.24, 2.45) is 0 Å². The second-order valence-corrected chi connectivity index (χ2v) is 6.96. The second kappa shape index (κ2) is 10.3. The monoisotopic (exact) mass is 422 g/mol. The van der Waals surface area contributed by atoms with Gasteiger partial charge in [-0.2, -0.15) is 5.10 Å². The zero-order valence-electron chi connectivity index (χ0n) is 17.8. The van der Waals surface area contributed by atoms with Gasteiger partial charge in [0, 0.05) is 13.1 Å². The number of benzene rings is 2. The molecule has 3 rings (SSSR count). The van der Waals surface area contributed by atoms with Crippen LogP contribution in [0.2, 0.25) is 0 Å². The van der Waals surface area contributed by atoms with Gasteiger partial charge in [-0.3, -0.25) is 9.59 Å². The molecule has 0 spiro atoms. The Hall–Kier alpha value is -3.81. The van der Waals surface area contributed by atoms with E-state index >= 15 is 0 Å². The van der Waals surface area contributed by atoms with Crippen LogP contribution in [0, 0.1) is 0 Å². The van der Waals surface area contributed by atoms with Crippen molar-refractivity contribution in [3.05, 3.63) is 72.1 Å². The average molecular weight is 422 g/mol. The molecule has 0 aliphatic rings. The number of nitrogens with one attached hydrogen (secondary N) is 2. The molecule has 2 amide bonds. The van der Waals surface area contributed by atoms with Crippen molar-refractivity contribution in [3.8, 4) is 17.2 Å². The van der Waals surface area contributed by atoms with Crippen molar-refractivity contribution in [2.75, 3.05) is 14.2 Å². The maximum absolute atomic E-state index is 12.5. The van der Waals surface area contributed by atoms with Gasteiger partial charge in [-0.25, -0.2) is 4.68 Å². The zero-order chi connectivity index (χ0) is 22.2. The molecular formula is C23H26N4O4. The summed E-state index contributed by atoms with van der Waals surface area (Å²) in [6.07, 6.45) is 1.95. The van der Waals surface area contributed by atoms with Crippen LogP contribution in [0.4, 0.5) is 0 Å². The summed E-state index contributed by atoms with van der Waals surface area (Å²) in [7, 11) is 3.21. The average Bonchev–Trinajstić information content (AvgIpc) is 3.26. The van der Waals surface area contributed by atoms with Gasteiger partial charge in [-0.05, 0) is 48.0 Å². The van der Waals surface area contributed by atoms with Crippen molar-refractivity contribution in [1.82, 2.24) is 20.4 Å². The van der Waals surface area contributed by atoms with Crippen LogP contribution in [-0.2, 0) is 16.1 Å². The van der Waals surface area contributed by atoms with Crippen LogP contribution in [0.1, 0.15) is 30.6 Å². The summed E-state index contributed by atoms with van der Waals surface area (Å²) in [5.74, 6) is 1.09.